The Morgan fingerprint density at radius 2 is 2.33 bits per heavy atom. The molecule has 0 fully saturated rings. The lowest BCUT2D eigenvalue weighted by Gasteiger charge is -1.93. The average Bonchev–Trinajstić information content (AvgIpc) is 2.52. The number of halogens is 1. The van der Waals surface area contributed by atoms with Gasteiger partial charge in [-0.3, -0.25) is 4.79 Å². The van der Waals surface area contributed by atoms with Gasteiger partial charge in [-0.05, 0) is 6.07 Å². The second-order valence-electron chi connectivity index (χ2n) is 2.23. The molecule has 0 saturated heterocycles. The quantitative estimate of drug-likeness (QED) is 0.535. The predicted molar refractivity (Wildman–Crippen MR) is 44.3 cm³/mol. The second-order valence-corrected chi connectivity index (χ2v) is 2.59. The number of carbonyl (C=O) groups is 1. The number of nitrogens with one attached hydrogen (secondary N) is 1. The maximum Gasteiger partial charge on any atom is 0.194 e. The Kier molecular flexibility index (Phi) is 1.55. The molecule has 2 aromatic rings. The lowest BCUT2D eigenvalue weighted by molar-refractivity contribution is 0.111. The van der Waals surface area contributed by atoms with Gasteiger partial charge in [0.25, 0.3) is 0 Å². The Morgan fingerprint density at radius 1 is 1.50 bits per heavy atom. The zero-order valence-electron chi connectivity index (χ0n) is 5.91. The summed E-state index contributed by atoms with van der Waals surface area (Å²) in [6.07, 6.45) is 2.26. The zero-order chi connectivity index (χ0) is 8.55. The predicted octanol–water partition coefficient (Wildman–Crippen LogP) is 1.42. The molecular formula is C7H4ClN3O. The molecule has 0 radical (unpaired) electrons. The summed E-state index contributed by atoms with van der Waals surface area (Å²) in [6.45, 7) is 0. The van der Waals surface area contributed by atoms with E-state index in [1.54, 1.807) is 12.3 Å². The van der Waals surface area contributed by atoms with Crippen molar-refractivity contribution in [2.75, 3.05) is 0 Å². The van der Waals surface area contributed by atoms with Crippen molar-refractivity contribution in [2.45, 2.75) is 0 Å². The van der Waals surface area contributed by atoms with Gasteiger partial charge in [0.15, 0.2) is 17.3 Å². The molecule has 4 nitrogen and oxygen atoms in total. The highest BCUT2D eigenvalue weighted by Crippen LogP contribution is 2.17. The number of aldehydes is 1. The highest BCUT2D eigenvalue weighted by molar-refractivity contribution is 6.33. The van der Waals surface area contributed by atoms with Crippen LogP contribution in [0, 0.1) is 0 Å². The van der Waals surface area contributed by atoms with Gasteiger partial charge in [0.05, 0.1) is 5.52 Å². The van der Waals surface area contributed by atoms with Gasteiger partial charge in [-0.1, -0.05) is 11.6 Å². The molecule has 5 heteroatoms. The van der Waals surface area contributed by atoms with Crippen molar-refractivity contribution in [3.05, 3.63) is 23.2 Å². The molecule has 60 valence electrons. The summed E-state index contributed by atoms with van der Waals surface area (Å²) in [5.41, 5.74) is 1.30. The summed E-state index contributed by atoms with van der Waals surface area (Å²) in [6, 6.07) is 1.73. The SMILES string of the molecule is O=Cc1nc(Cl)c2[nH]ccc2n1. The zero-order valence-corrected chi connectivity index (χ0v) is 6.67. The van der Waals surface area contributed by atoms with Crippen LogP contribution in [0.5, 0.6) is 0 Å². The highest BCUT2D eigenvalue weighted by Gasteiger charge is 2.04. The van der Waals surface area contributed by atoms with E-state index in [1.165, 1.54) is 0 Å². The lowest BCUT2D eigenvalue weighted by Crippen LogP contribution is -1.92. The molecule has 2 aromatic heterocycles. The van der Waals surface area contributed by atoms with E-state index in [-0.39, 0.29) is 11.0 Å². The summed E-state index contributed by atoms with van der Waals surface area (Å²) < 4.78 is 0. The number of aromatic nitrogens is 3. The van der Waals surface area contributed by atoms with Crippen LogP contribution in [0.25, 0.3) is 11.0 Å². The fourth-order valence-corrected chi connectivity index (χ4v) is 1.22. The number of aromatic amines is 1. The molecule has 0 aliphatic heterocycles. The van der Waals surface area contributed by atoms with Crippen LogP contribution in [0.4, 0.5) is 0 Å². The number of H-pyrrole nitrogens is 1. The Morgan fingerprint density at radius 3 is 3.08 bits per heavy atom. The largest absolute Gasteiger partial charge is 0.357 e. The van der Waals surface area contributed by atoms with E-state index in [0.717, 1.165) is 0 Å². The molecule has 0 saturated carbocycles. The molecule has 1 N–H and O–H groups in total. The molecule has 0 aliphatic rings. The van der Waals surface area contributed by atoms with Crippen LogP contribution in [0.1, 0.15) is 10.6 Å². The van der Waals surface area contributed by atoms with E-state index in [4.69, 9.17) is 11.6 Å². The molecule has 0 amide bonds. The minimum atomic E-state index is 0.104. The Labute approximate surface area is 72.6 Å². The molecule has 12 heavy (non-hydrogen) atoms. The van der Waals surface area contributed by atoms with Crippen LogP contribution in [-0.2, 0) is 0 Å². The Balaban J connectivity index is 2.83. The van der Waals surface area contributed by atoms with Crippen molar-refractivity contribution in [1.82, 2.24) is 15.0 Å². The van der Waals surface area contributed by atoms with E-state index in [9.17, 15) is 4.79 Å². The molecule has 0 bridgehead atoms. The standard InChI is InChI=1S/C7H4ClN3O/c8-7-6-4(1-2-9-6)10-5(3-12)11-7/h1-3,9H. The van der Waals surface area contributed by atoms with Gasteiger partial charge in [0.1, 0.15) is 5.52 Å². The minimum absolute atomic E-state index is 0.104. The lowest BCUT2D eigenvalue weighted by atomic mass is 10.4. The van der Waals surface area contributed by atoms with E-state index in [2.05, 4.69) is 15.0 Å². The van der Waals surface area contributed by atoms with E-state index >= 15 is 0 Å². The van der Waals surface area contributed by atoms with Crippen molar-refractivity contribution >= 4 is 28.9 Å². The normalized spacial score (nSPS) is 10.4. The van der Waals surface area contributed by atoms with Gasteiger partial charge < -0.3 is 4.98 Å². The van der Waals surface area contributed by atoms with E-state index in [1.807, 2.05) is 0 Å². The minimum Gasteiger partial charge on any atom is -0.357 e. The number of hydrogen-bond acceptors (Lipinski definition) is 3. The molecule has 0 spiro atoms. The average molecular weight is 182 g/mol. The smallest absolute Gasteiger partial charge is 0.194 e. The van der Waals surface area contributed by atoms with Gasteiger partial charge in [-0.15, -0.1) is 0 Å². The molecular weight excluding hydrogens is 178 g/mol. The van der Waals surface area contributed by atoms with Crippen LogP contribution in [0.15, 0.2) is 12.3 Å². The third-order valence-corrected chi connectivity index (χ3v) is 1.76. The van der Waals surface area contributed by atoms with Crippen LogP contribution in [0.2, 0.25) is 5.15 Å². The highest BCUT2D eigenvalue weighted by atomic mass is 35.5. The third kappa shape index (κ3) is 0.967. The van der Waals surface area contributed by atoms with Gasteiger partial charge in [-0.2, -0.15) is 0 Å². The Bertz CT molecular complexity index is 437. The van der Waals surface area contributed by atoms with Crippen molar-refractivity contribution in [3.8, 4) is 0 Å². The van der Waals surface area contributed by atoms with Crippen LogP contribution < -0.4 is 0 Å². The third-order valence-electron chi connectivity index (χ3n) is 1.48. The van der Waals surface area contributed by atoms with E-state index < -0.39 is 0 Å². The van der Waals surface area contributed by atoms with E-state index in [0.29, 0.717) is 17.3 Å². The van der Waals surface area contributed by atoms with Crippen LogP contribution in [-0.4, -0.2) is 21.2 Å². The topological polar surface area (TPSA) is 58.6 Å². The number of rotatable bonds is 1. The van der Waals surface area contributed by atoms with Gasteiger partial charge in [-0.25, -0.2) is 9.97 Å². The van der Waals surface area contributed by atoms with Gasteiger partial charge in [0.2, 0.25) is 0 Å². The fraction of sp³-hybridized carbons (Fsp3) is 0. The summed E-state index contributed by atoms with van der Waals surface area (Å²) in [4.78, 5) is 20.9. The number of fused-ring (bicyclic) bond motifs is 1. The van der Waals surface area contributed by atoms with Crippen molar-refractivity contribution in [3.63, 3.8) is 0 Å². The van der Waals surface area contributed by atoms with Crippen molar-refractivity contribution in [1.29, 1.82) is 0 Å². The molecule has 2 heterocycles. The van der Waals surface area contributed by atoms with Crippen LogP contribution in [0.3, 0.4) is 0 Å². The fourth-order valence-electron chi connectivity index (χ4n) is 0.977. The Hall–Kier alpha value is -1.42. The van der Waals surface area contributed by atoms with Gasteiger partial charge in [0, 0.05) is 6.20 Å². The van der Waals surface area contributed by atoms with Crippen LogP contribution >= 0.6 is 11.6 Å². The summed E-state index contributed by atoms with van der Waals surface area (Å²) in [5, 5.41) is 0.270. The maximum atomic E-state index is 10.3. The first-order valence-corrected chi connectivity index (χ1v) is 3.65. The number of hydrogen-bond donors (Lipinski definition) is 1. The molecule has 0 aliphatic carbocycles. The van der Waals surface area contributed by atoms with Crippen molar-refractivity contribution in [2.24, 2.45) is 0 Å². The number of carbonyl (C=O) groups excluding carboxylic acids is 1. The first-order chi connectivity index (χ1) is 5.81. The maximum absolute atomic E-state index is 10.3. The molecule has 0 unspecified atom stereocenters. The van der Waals surface area contributed by atoms with Crippen molar-refractivity contribution < 1.29 is 4.79 Å². The molecule has 0 aromatic carbocycles. The summed E-state index contributed by atoms with van der Waals surface area (Å²) in [7, 11) is 0. The molecule has 0 atom stereocenters. The molecule has 2 rings (SSSR count). The second kappa shape index (κ2) is 2.57. The summed E-state index contributed by atoms with van der Waals surface area (Å²) >= 11 is 5.74. The first-order valence-electron chi connectivity index (χ1n) is 3.27. The summed E-state index contributed by atoms with van der Waals surface area (Å²) in [5.74, 6) is 0.104. The first kappa shape index (κ1) is 7.24. The van der Waals surface area contributed by atoms with Gasteiger partial charge >= 0.3 is 0 Å². The monoisotopic (exact) mass is 181 g/mol. The number of nitrogens with zero attached hydrogens (tertiary/aromatic N) is 2.